The minimum Gasteiger partial charge on any atom is -0.462 e. The molecule has 0 aliphatic rings. The lowest BCUT2D eigenvalue weighted by Gasteiger charge is -2.19. The van der Waals surface area contributed by atoms with Gasteiger partial charge in [-0.15, -0.1) is 0 Å². The largest absolute Gasteiger partial charge is 0.472 e. The molecule has 1 unspecified atom stereocenters. The van der Waals surface area contributed by atoms with E-state index in [9.17, 15) is 19.0 Å². The molecule has 0 bridgehead atoms. The van der Waals surface area contributed by atoms with Gasteiger partial charge in [-0.2, -0.15) is 0 Å². The van der Waals surface area contributed by atoms with Crippen molar-refractivity contribution in [3.05, 3.63) is 36.5 Å². The van der Waals surface area contributed by atoms with Crippen LogP contribution in [0, 0.1) is 0 Å². The molecule has 0 aromatic carbocycles. The Hall–Kier alpha value is -1.77. The highest BCUT2D eigenvalue weighted by molar-refractivity contribution is 7.47. The molecule has 0 heterocycles. The van der Waals surface area contributed by atoms with Gasteiger partial charge in [0.1, 0.15) is 6.61 Å². The summed E-state index contributed by atoms with van der Waals surface area (Å²) in [7, 11) is -4.37. The number of hydrogen-bond acceptors (Lipinski definition) is 8. The van der Waals surface area contributed by atoms with Crippen molar-refractivity contribution in [1.82, 2.24) is 0 Å². The molecule has 0 amide bonds. The topological polar surface area (TPSA) is 134 Å². The molecule has 0 aliphatic heterocycles. The Morgan fingerprint density at radius 1 is 0.667 bits per heavy atom. The van der Waals surface area contributed by atoms with Gasteiger partial charge in [-0.1, -0.05) is 115 Å². The van der Waals surface area contributed by atoms with Gasteiger partial charge in [0.05, 0.1) is 13.2 Å². The predicted molar refractivity (Wildman–Crippen MR) is 183 cm³/mol. The van der Waals surface area contributed by atoms with Crippen molar-refractivity contribution in [2.24, 2.45) is 5.73 Å². The Bertz CT molecular complexity index is 846. The molecule has 0 saturated heterocycles. The Kier molecular flexibility index (Phi) is 30.9. The zero-order valence-electron chi connectivity index (χ0n) is 28.3. The van der Waals surface area contributed by atoms with Crippen molar-refractivity contribution >= 4 is 19.8 Å². The molecule has 262 valence electrons. The summed E-state index contributed by atoms with van der Waals surface area (Å²) in [4.78, 5) is 34.4. The smallest absolute Gasteiger partial charge is 0.462 e. The van der Waals surface area contributed by atoms with Gasteiger partial charge in [0.25, 0.3) is 0 Å². The first-order valence-electron chi connectivity index (χ1n) is 17.5. The lowest BCUT2D eigenvalue weighted by atomic mass is 10.1. The number of nitrogens with two attached hydrogens (primary N) is 1. The van der Waals surface area contributed by atoms with E-state index in [1.165, 1.54) is 44.9 Å². The van der Waals surface area contributed by atoms with Crippen molar-refractivity contribution in [2.45, 2.75) is 148 Å². The third-order valence-electron chi connectivity index (χ3n) is 7.03. The summed E-state index contributed by atoms with van der Waals surface area (Å²) in [5, 5.41) is 0. The van der Waals surface area contributed by atoms with Crippen LogP contribution in [0.4, 0.5) is 0 Å². The van der Waals surface area contributed by atoms with E-state index in [-0.39, 0.29) is 32.6 Å². The standard InChI is InChI=1S/C35H64NO8P/c1-3-5-7-9-11-12-13-14-15-16-17-18-19-20-22-24-26-28-35(38)44-33(32-43-45(39,40)42-30-29-36)31-41-34(37)27-25-23-21-10-8-6-4-2/h11-12,14-15,17-18,33H,3-10,13,16,19-32,36H2,1-2H3,(H,39,40)/b12-11+,15-14+,18-17+/t33-/m1/s1. The highest BCUT2D eigenvalue weighted by Gasteiger charge is 2.25. The van der Waals surface area contributed by atoms with Crippen LogP contribution in [-0.4, -0.2) is 49.3 Å². The van der Waals surface area contributed by atoms with E-state index in [0.29, 0.717) is 6.42 Å². The zero-order chi connectivity index (χ0) is 33.3. The van der Waals surface area contributed by atoms with Crippen molar-refractivity contribution in [2.75, 3.05) is 26.4 Å². The number of carbonyl (C=O) groups is 2. The maximum Gasteiger partial charge on any atom is 0.472 e. The molecule has 0 aromatic heterocycles. The quantitative estimate of drug-likeness (QED) is 0.0314. The van der Waals surface area contributed by atoms with Crippen LogP contribution in [0.2, 0.25) is 0 Å². The van der Waals surface area contributed by atoms with E-state index in [1.54, 1.807) is 0 Å². The first-order valence-corrected chi connectivity index (χ1v) is 19.0. The second kappa shape index (κ2) is 32.2. The summed E-state index contributed by atoms with van der Waals surface area (Å²) in [6.07, 6.45) is 31.9. The molecular weight excluding hydrogens is 593 g/mol. The Balaban J connectivity index is 4.27. The fourth-order valence-electron chi connectivity index (χ4n) is 4.40. The highest BCUT2D eigenvalue weighted by Crippen LogP contribution is 2.43. The summed E-state index contributed by atoms with van der Waals surface area (Å²) < 4.78 is 32.4. The first-order chi connectivity index (χ1) is 21.8. The number of phosphoric acid groups is 1. The summed E-state index contributed by atoms with van der Waals surface area (Å²) in [5.74, 6) is -0.864. The Labute approximate surface area is 274 Å². The third kappa shape index (κ3) is 32.0. The van der Waals surface area contributed by atoms with Gasteiger partial charge in [-0.25, -0.2) is 4.57 Å². The molecule has 9 nitrogen and oxygen atoms in total. The summed E-state index contributed by atoms with van der Waals surface area (Å²) in [6, 6.07) is 0. The van der Waals surface area contributed by atoms with Crippen molar-refractivity contribution in [3.8, 4) is 0 Å². The predicted octanol–water partition coefficient (Wildman–Crippen LogP) is 9.04. The van der Waals surface area contributed by atoms with Crippen molar-refractivity contribution in [1.29, 1.82) is 0 Å². The number of allylic oxidation sites excluding steroid dienone is 6. The maximum absolute atomic E-state index is 12.5. The molecule has 0 rings (SSSR count). The Morgan fingerprint density at radius 2 is 1.16 bits per heavy atom. The van der Waals surface area contributed by atoms with Gasteiger partial charge >= 0.3 is 19.8 Å². The zero-order valence-corrected chi connectivity index (χ0v) is 29.2. The van der Waals surface area contributed by atoms with Crippen LogP contribution in [0.25, 0.3) is 0 Å². The molecule has 0 spiro atoms. The highest BCUT2D eigenvalue weighted by atomic mass is 31.2. The summed E-state index contributed by atoms with van der Waals surface area (Å²) >= 11 is 0. The molecule has 2 atom stereocenters. The first kappa shape index (κ1) is 43.2. The van der Waals surface area contributed by atoms with Gasteiger partial charge in [0.2, 0.25) is 0 Å². The molecule has 3 N–H and O–H groups in total. The maximum atomic E-state index is 12.5. The van der Waals surface area contributed by atoms with Gasteiger partial charge in [0, 0.05) is 19.4 Å². The molecule has 0 radical (unpaired) electrons. The molecule has 0 aliphatic carbocycles. The van der Waals surface area contributed by atoms with E-state index >= 15 is 0 Å². The molecular formula is C35H64NO8P. The van der Waals surface area contributed by atoms with Crippen LogP contribution in [0.3, 0.4) is 0 Å². The van der Waals surface area contributed by atoms with Gasteiger partial charge in [-0.05, 0) is 51.4 Å². The lowest BCUT2D eigenvalue weighted by Crippen LogP contribution is -2.29. The SMILES string of the molecule is CCCCC/C=C/C/C=C/C/C=C/CCCCCCC(=O)O[C@H](COC(=O)CCCCCCCCC)COP(=O)(O)OCCN. The monoisotopic (exact) mass is 657 g/mol. The molecule has 0 fully saturated rings. The number of hydrogen-bond donors (Lipinski definition) is 2. The minimum absolute atomic E-state index is 0.0491. The van der Waals surface area contributed by atoms with E-state index in [0.717, 1.165) is 64.2 Å². The number of ether oxygens (including phenoxy) is 2. The molecule has 0 aromatic rings. The van der Waals surface area contributed by atoms with Crippen molar-refractivity contribution in [3.63, 3.8) is 0 Å². The lowest BCUT2D eigenvalue weighted by molar-refractivity contribution is -0.161. The number of rotatable bonds is 32. The normalized spacial score (nSPS) is 14.0. The number of unbranched alkanes of at least 4 members (excludes halogenated alkanes) is 13. The van der Waals surface area contributed by atoms with E-state index in [4.69, 9.17) is 24.3 Å². The van der Waals surface area contributed by atoms with Crippen LogP contribution in [0.5, 0.6) is 0 Å². The van der Waals surface area contributed by atoms with Gasteiger partial charge in [-0.3, -0.25) is 18.6 Å². The fraction of sp³-hybridized carbons (Fsp3) is 0.771. The summed E-state index contributed by atoms with van der Waals surface area (Å²) in [5.41, 5.74) is 5.31. The molecule has 45 heavy (non-hydrogen) atoms. The second-order valence-corrected chi connectivity index (χ2v) is 12.8. The van der Waals surface area contributed by atoms with Crippen LogP contribution in [0.15, 0.2) is 36.5 Å². The molecule has 10 heteroatoms. The number of phosphoric ester groups is 1. The van der Waals surface area contributed by atoms with Gasteiger partial charge < -0.3 is 20.1 Å². The van der Waals surface area contributed by atoms with Crippen LogP contribution in [0.1, 0.15) is 142 Å². The van der Waals surface area contributed by atoms with Crippen LogP contribution in [-0.2, 0) is 32.7 Å². The minimum atomic E-state index is -4.37. The van der Waals surface area contributed by atoms with E-state index < -0.39 is 32.5 Å². The average molecular weight is 658 g/mol. The van der Waals surface area contributed by atoms with Gasteiger partial charge in [0.15, 0.2) is 6.10 Å². The second-order valence-electron chi connectivity index (χ2n) is 11.4. The Morgan fingerprint density at radius 3 is 1.76 bits per heavy atom. The average Bonchev–Trinajstić information content (AvgIpc) is 3.02. The number of carbonyl (C=O) groups excluding carboxylic acids is 2. The van der Waals surface area contributed by atoms with E-state index in [2.05, 4.69) is 50.3 Å². The fourth-order valence-corrected chi connectivity index (χ4v) is 5.17. The van der Waals surface area contributed by atoms with Crippen LogP contribution < -0.4 is 5.73 Å². The summed E-state index contributed by atoms with van der Waals surface area (Å²) in [6.45, 7) is 3.60. The molecule has 0 saturated carbocycles. The van der Waals surface area contributed by atoms with Crippen molar-refractivity contribution < 1.29 is 37.6 Å². The third-order valence-corrected chi connectivity index (χ3v) is 8.01. The van der Waals surface area contributed by atoms with Crippen LogP contribution >= 0.6 is 7.82 Å². The van der Waals surface area contributed by atoms with E-state index in [1.807, 2.05) is 0 Å². The number of esters is 2.